The fourth-order valence-corrected chi connectivity index (χ4v) is 4.09. The molecule has 0 bridgehead atoms. The predicted molar refractivity (Wildman–Crippen MR) is 128 cm³/mol. The van der Waals surface area contributed by atoms with Gasteiger partial charge in [0.05, 0.1) is 7.11 Å². The molecule has 0 fully saturated rings. The SMILES string of the molecule is COc1ccc(NC(=O)CCSc2nnc(-c3ccc(C)cc3)n2-c2ccccc2)cc1. The van der Waals surface area contributed by atoms with Crippen LogP contribution in [0, 0.1) is 6.92 Å². The number of thioether (sulfide) groups is 1. The molecular formula is C25H24N4O2S. The van der Waals surface area contributed by atoms with Crippen molar-refractivity contribution in [3.8, 4) is 22.8 Å². The highest BCUT2D eigenvalue weighted by molar-refractivity contribution is 7.99. The van der Waals surface area contributed by atoms with Crippen LogP contribution in [0.5, 0.6) is 5.75 Å². The lowest BCUT2D eigenvalue weighted by Crippen LogP contribution is -2.12. The van der Waals surface area contributed by atoms with Crippen molar-refractivity contribution in [2.45, 2.75) is 18.5 Å². The largest absolute Gasteiger partial charge is 0.497 e. The number of nitrogens with zero attached hydrogens (tertiary/aromatic N) is 3. The van der Waals surface area contributed by atoms with Gasteiger partial charge in [0.1, 0.15) is 5.75 Å². The molecular weight excluding hydrogens is 420 g/mol. The third-order valence-corrected chi connectivity index (χ3v) is 5.82. The van der Waals surface area contributed by atoms with E-state index in [1.54, 1.807) is 7.11 Å². The lowest BCUT2D eigenvalue weighted by atomic mass is 10.1. The zero-order chi connectivity index (χ0) is 22.3. The zero-order valence-corrected chi connectivity index (χ0v) is 18.8. The second-order valence-electron chi connectivity index (χ2n) is 7.22. The molecule has 0 unspecified atom stereocenters. The molecule has 0 radical (unpaired) electrons. The maximum Gasteiger partial charge on any atom is 0.225 e. The molecule has 0 saturated carbocycles. The van der Waals surface area contributed by atoms with Crippen molar-refractivity contribution in [3.05, 3.63) is 84.4 Å². The van der Waals surface area contributed by atoms with E-state index in [2.05, 4.69) is 46.7 Å². The predicted octanol–water partition coefficient (Wildman–Crippen LogP) is 5.37. The fraction of sp³-hybridized carbons (Fsp3) is 0.160. The van der Waals surface area contributed by atoms with Crippen LogP contribution in [-0.2, 0) is 4.79 Å². The lowest BCUT2D eigenvalue weighted by molar-refractivity contribution is -0.115. The number of carbonyl (C=O) groups is 1. The molecule has 6 nitrogen and oxygen atoms in total. The van der Waals surface area contributed by atoms with Gasteiger partial charge in [-0.3, -0.25) is 9.36 Å². The van der Waals surface area contributed by atoms with Crippen molar-refractivity contribution in [1.82, 2.24) is 14.8 Å². The zero-order valence-electron chi connectivity index (χ0n) is 18.0. The van der Waals surface area contributed by atoms with Gasteiger partial charge in [-0.25, -0.2) is 0 Å². The Bertz CT molecular complexity index is 1170. The topological polar surface area (TPSA) is 69.0 Å². The lowest BCUT2D eigenvalue weighted by Gasteiger charge is -2.10. The molecule has 0 aliphatic rings. The first-order valence-electron chi connectivity index (χ1n) is 10.3. The number of amides is 1. The van der Waals surface area contributed by atoms with Crippen LogP contribution in [0.15, 0.2) is 84.0 Å². The quantitative estimate of drug-likeness (QED) is 0.370. The van der Waals surface area contributed by atoms with Crippen LogP contribution in [-0.4, -0.2) is 33.5 Å². The number of para-hydroxylation sites is 1. The highest BCUT2D eigenvalue weighted by atomic mass is 32.2. The number of aryl methyl sites for hydroxylation is 1. The van der Waals surface area contributed by atoms with E-state index in [1.807, 2.05) is 59.2 Å². The summed E-state index contributed by atoms with van der Waals surface area (Å²) < 4.78 is 7.18. The van der Waals surface area contributed by atoms with Crippen LogP contribution >= 0.6 is 11.8 Å². The summed E-state index contributed by atoms with van der Waals surface area (Å²) in [7, 11) is 1.61. The van der Waals surface area contributed by atoms with Gasteiger partial charge in [-0.2, -0.15) is 0 Å². The Hall–Kier alpha value is -3.58. The van der Waals surface area contributed by atoms with Crippen molar-refractivity contribution < 1.29 is 9.53 Å². The van der Waals surface area contributed by atoms with Crippen LogP contribution in [0.3, 0.4) is 0 Å². The number of ether oxygens (including phenoxy) is 1. The molecule has 0 aliphatic heterocycles. The third kappa shape index (κ3) is 5.18. The van der Waals surface area contributed by atoms with E-state index in [1.165, 1.54) is 17.3 Å². The van der Waals surface area contributed by atoms with E-state index in [4.69, 9.17) is 4.74 Å². The summed E-state index contributed by atoms with van der Waals surface area (Å²) in [6, 6.07) is 25.5. The molecule has 1 heterocycles. The van der Waals surface area contributed by atoms with Crippen LogP contribution < -0.4 is 10.1 Å². The molecule has 162 valence electrons. The molecule has 4 rings (SSSR count). The summed E-state index contributed by atoms with van der Waals surface area (Å²) in [6.45, 7) is 2.06. The van der Waals surface area contributed by atoms with Crippen molar-refractivity contribution in [2.75, 3.05) is 18.2 Å². The summed E-state index contributed by atoms with van der Waals surface area (Å²) in [5.41, 5.74) is 3.92. The molecule has 1 aromatic heterocycles. The van der Waals surface area contributed by atoms with Gasteiger partial charge in [-0.15, -0.1) is 10.2 Å². The Kier molecular flexibility index (Phi) is 6.87. The van der Waals surface area contributed by atoms with Gasteiger partial charge in [0.15, 0.2) is 11.0 Å². The number of rotatable bonds is 8. The van der Waals surface area contributed by atoms with Gasteiger partial charge in [0.25, 0.3) is 0 Å². The normalized spacial score (nSPS) is 10.7. The molecule has 7 heteroatoms. The van der Waals surface area contributed by atoms with Crippen LogP contribution in [0.1, 0.15) is 12.0 Å². The number of hydrogen-bond donors (Lipinski definition) is 1. The van der Waals surface area contributed by atoms with E-state index in [-0.39, 0.29) is 5.91 Å². The number of carbonyl (C=O) groups excluding carboxylic acids is 1. The number of aromatic nitrogens is 3. The smallest absolute Gasteiger partial charge is 0.225 e. The molecule has 0 atom stereocenters. The first-order chi connectivity index (χ1) is 15.6. The Morgan fingerprint density at radius 1 is 0.969 bits per heavy atom. The minimum atomic E-state index is -0.0489. The molecule has 1 N–H and O–H groups in total. The molecule has 0 saturated heterocycles. The van der Waals surface area contributed by atoms with Crippen molar-refractivity contribution >= 4 is 23.4 Å². The number of anilines is 1. The monoisotopic (exact) mass is 444 g/mol. The van der Waals surface area contributed by atoms with Gasteiger partial charge in [0.2, 0.25) is 5.91 Å². The maximum atomic E-state index is 12.4. The molecule has 0 aliphatic carbocycles. The van der Waals surface area contributed by atoms with E-state index in [9.17, 15) is 4.79 Å². The third-order valence-electron chi connectivity index (χ3n) is 4.89. The number of benzene rings is 3. The van der Waals surface area contributed by atoms with Gasteiger partial charge in [-0.1, -0.05) is 59.8 Å². The van der Waals surface area contributed by atoms with Crippen LogP contribution in [0.2, 0.25) is 0 Å². The van der Waals surface area contributed by atoms with Gasteiger partial charge >= 0.3 is 0 Å². The maximum absolute atomic E-state index is 12.4. The fourth-order valence-electron chi connectivity index (χ4n) is 3.20. The van der Waals surface area contributed by atoms with Crippen LogP contribution in [0.4, 0.5) is 5.69 Å². The molecule has 4 aromatic rings. The summed E-state index contributed by atoms with van der Waals surface area (Å²) in [5, 5.41) is 12.5. The molecule has 1 amide bonds. The van der Waals surface area contributed by atoms with E-state index < -0.39 is 0 Å². The Morgan fingerprint density at radius 2 is 1.69 bits per heavy atom. The Labute approximate surface area is 191 Å². The highest BCUT2D eigenvalue weighted by Crippen LogP contribution is 2.28. The standard InChI is InChI=1S/C25H24N4O2S/c1-18-8-10-19(11-9-18)24-27-28-25(29(24)21-6-4-3-5-7-21)32-17-16-23(30)26-20-12-14-22(31-2)15-13-20/h3-15H,16-17H2,1-2H3,(H,26,30). The minimum Gasteiger partial charge on any atom is -0.497 e. The Balaban J connectivity index is 1.47. The molecule has 3 aromatic carbocycles. The van der Waals surface area contributed by atoms with E-state index >= 15 is 0 Å². The summed E-state index contributed by atoms with van der Waals surface area (Å²) in [4.78, 5) is 12.4. The summed E-state index contributed by atoms with van der Waals surface area (Å²) >= 11 is 1.51. The van der Waals surface area contributed by atoms with Gasteiger partial charge < -0.3 is 10.1 Å². The Morgan fingerprint density at radius 3 is 2.38 bits per heavy atom. The van der Waals surface area contributed by atoms with Crippen molar-refractivity contribution in [3.63, 3.8) is 0 Å². The number of methoxy groups -OCH3 is 1. The number of nitrogens with one attached hydrogen (secondary N) is 1. The van der Waals surface area contributed by atoms with Gasteiger partial charge in [0, 0.05) is 29.1 Å². The highest BCUT2D eigenvalue weighted by Gasteiger charge is 2.16. The molecule has 0 spiro atoms. The number of hydrogen-bond acceptors (Lipinski definition) is 5. The van der Waals surface area contributed by atoms with Crippen LogP contribution in [0.25, 0.3) is 17.1 Å². The second kappa shape index (κ2) is 10.2. The van der Waals surface area contributed by atoms with E-state index in [0.29, 0.717) is 12.2 Å². The second-order valence-corrected chi connectivity index (χ2v) is 8.28. The average molecular weight is 445 g/mol. The summed E-state index contributed by atoms with van der Waals surface area (Å²) in [5.74, 6) is 2.07. The van der Waals surface area contributed by atoms with Crippen molar-refractivity contribution in [2.24, 2.45) is 0 Å². The first-order valence-corrected chi connectivity index (χ1v) is 11.3. The van der Waals surface area contributed by atoms with Gasteiger partial charge in [-0.05, 0) is 43.3 Å². The first kappa shape index (κ1) is 21.6. The van der Waals surface area contributed by atoms with E-state index in [0.717, 1.165) is 33.7 Å². The summed E-state index contributed by atoms with van der Waals surface area (Å²) in [6.07, 6.45) is 0.359. The minimum absolute atomic E-state index is 0.0489. The van der Waals surface area contributed by atoms with Crippen molar-refractivity contribution in [1.29, 1.82) is 0 Å². The average Bonchev–Trinajstić information content (AvgIpc) is 3.24. The molecule has 32 heavy (non-hydrogen) atoms.